The van der Waals surface area contributed by atoms with Crippen LogP contribution in [0, 0.1) is 0 Å². The highest BCUT2D eigenvalue weighted by atomic mass is 16.7. The molecular formula is C32H53BN2O8. The van der Waals surface area contributed by atoms with E-state index in [9.17, 15) is 9.59 Å². The van der Waals surface area contributed by atoms with Crippen molar-refractivity contribution in [2.24, 2.45) is 0 Å². The van der Waals surface area contributed by atoms with Crippen LogP contribution in [0.3, 0.4) is 0 Å². The molecule has 1 amide bonds. The third-order valence-electron chi connectivity index (χ3n) is 8.65. The number of fused-ring (bicyclic) bond motifs is 1. The van der Waals surface area contributed by atoms with Gasteiger partial charge in [0.1, 0.15) is 11.1 Å². The summed E-state index contributed by atoms with van der Waals surface area (Å²) in [6.45, 7) is 17.6. The maximum Gasteiger partial charge on any atom is 0.457 e. The monoisotopic (exact) mass is 604 g/mol. The number of carbonyl (C=O) groups excluding carboxylic acids is 2. The number of hydrogen-bond acceptors (Lipinski definition) is 9. The lowest BCUT2D eigenvalue weighted by molar-refractivity contribution is -0.152. The summed E-state index contributed by atoms with van der Waals surface area (Å²) in [4.78, 5) is 29.0. The SMILES string of the molecule is CCOC(=O)C(CCCCB1OC(C)(C)C(C)(C)O1)(CCN1CCc2cc(OC)c(OC)cc2C1)NC(=O)OC(C)(C)C. The number of nitrogens with one attached hydrogen (secondary N) is 1. The molecule has 1 aromatic rings. The van der Waals surface area contributed by atoms with Crippen molar-refractivity contribution in [3.8, 4) is 11.5 Å². The maximum atomic E-state index is 13.6. The van der Waals surface area contributed by atoms with E-state index in [-0.39, 0.29) is 13.7 Å². The predicted octanol–water partition coefficient (Wildman–Crippen LogP) is 5.54. The van der Waals surface area contributed by atoms with E-state index >= 15 is 0 Å². The molecule has 1 saturated heterocycles. The number of rotatable bonds is 13. The Morgan fingerprint density at radius 2 is 1.58 bits per heavy atom. The van der Waals surface area contributed by atoms with Gasteiger partial charge in [-0.25, -0.2) is 9.59 Å². The fourth-order valence-corrected chi connectivity index (χ4v) is 5.58. The summed E-state index contributed by atoms with van der Waals surface area (Å²) in [6, 6.07) is 4.06. The molecule has 1 fully saturated rings. The molecule has 0 bridgehead atoms. The minimum absolute atomic E-state index is 0.212. The smallest absolute Gasteiger partial charge is 0.457 e. The normalized spacial score (nSPS) is 19.3. The van der Waals surface area contributed by atoms with Crippen LogP contribution in [-0.4, -0.2) is 80.3 Å². The Hall–Kier alpha value is -2.50. The van der Waals surface area contributed by atoms with Gasteiger partial charge in [0, 0.05) is 19.6 Å². The number of unbranched alkanes of at least 4 members (excludes halogenated alkanes) is 1. The van der Waals surface area contributed by atoms with E-state index in [1.165, 1.54) is 5.56 Å². The van der Waals surface area contributed by atoms with Gasteiger partial charge in [-0.15, -0.1) is 0 Å². The van der Waals surface area contributed by atoms with Gasteiger partial charge in [0.25, 0.3) is 0 Å². The highest BCUT2D eigenvalue weighted by Gasteiger charge is 2.50. The molecule has 11 heteroatoms. The minimum Gasteiger partial charge on any atom is -0.493 e. The van der Waals surface area contributed by atoms with Crippen molar-refractivity contribution < 1.29 is 37.8 Å². The van der Waals surface area contributed by atoms with Crippen LogP contribution < -0.4 is 14.8 Å². The molecule has 43 heavy (non-hydrogen) atoms. The zero-order valence-corrected chi connectivity index (χ0v) is 28.0. The molecule has 3 rings (SSSR count). The molecule has 10 nitrogen and oxygen atoms in total. The Bertz CT molecular complexity index is 1100. The van der Waals surface area contributed by atoms with Crippen molar-refractivity contribution in [3.63, 3.8) is 0 Å². The molecule has 1 unspecified atom stereocenters. The Morgan fingerprint density at radius 3 is 2.14 bits per heavy atom. The van der Waals surface area contributed by atoms with E-state index in [1.807, 2.05) is 39.8 Å². The van der Waals surface area contributed by atoms with Gasteiger partial charge in [-0.3, -0.25) is 4.90 Å². The molecule has 1 N–H and O–H groups in total. The second-order valence-corrected chi connectivity index (χ2v) is 13.6. The zero-order valence-electron chi connectivity index (χ0n) is 28.0. The van der Waals surface area contributed by atoms with Gasteiger partial charge in [0.2, 0.25) is 0 Å². The zero-order chi connectivity index (χ0) is 32.1. The van der Waals surface area contributed by atoms with Gasteiger partial charge < -0.3 is 33.6 Å². The molecule has 0 aromatic heterocycles. The summed E-state index contributed by atoms with van der Waals surface area (Å²) in [6.07, 6.45) is 3.10. The fourth-order valence-electron chi connectivity index (χ4n) is 5.58. The van der Waals surface area contributed by atoms with Gasteiger partial charge in [-0.2, -0.15) is 0 Å². The van der Waals surface area contributed by atoms with Crippen molar-refractivity contribution in [1.82, 2.24) is 10.2 Å². The van der Waals surface area contributed by atoms with Gasteiger partial charge in [0.15, 0.2) is 11.5 Å². The quantitative estimate of drug-likeness (QED) is 0.177. The molecule has 2 heterocycles. The molecular weight excluding hydrogens is 551 g/mol. The van der Waals surface area contributed by atoms with Crippen LogP contribution in [0.1, 0.15) is 92.2 Å². The summed E-state index contributed by atoms with van der Waals surface area (Å²) in [5.74, 6) is 0.969. The molecule has 0 aliphatic carbocycles. The van der Waals surface area contributed by atoms with Crippen LogP contribution in [0.15, 0.2) is 12.1 Å². The number of methoxy groups -OCH3 is 2. The van der Waals surface area contributed by atoms with Crippen molar-refractivity contribution in [3.05, 3.63) is 23.3 Å². The van der Waals surface area contributed by atoms with Gasteiger partial charge in [0.05, 0.1) is 32.0 Å². The van der Waals surface area contributed by atoms with Crippen LogP contribution in [0.2, 0.25) is 6.32 Å². The lowest BCUT2D eigenvalue weighted by Crippen LogP contribution is -2.57. The van der Waals surface area contributed by atoms with Crippen molar-refractivity contribution in [2.75, 3.05) is 33.9 Å². The second kappa shape index (κ2) is 14.1. The third-order valence-corrected chi connectivity index (χ3v) is 8.65. The number of amides is 1. The highest BCUT2D eigenvalue weighted by Crippen LogP contribution is 2.38. The number of ether oxygens (including phenoxy) is 4. The van der Waals surface area contributed by atoms with Crippen LogP contribution in [0.4, 0.5) is 4.79 Å². The first-order valence-electron chi connectivity index (χ1n) is 15.5. The summed E-state index contributed by atoms with van der Waals surface area (Å²) >= 11 is 0. The number of esters is 1. The van der Waals surface area contributed by atoms with Crippen molar-refractivity contribution in [1.29, 1.82) is 0 Å². The molecule has 2 aliphatic heterocycles. The summed E-state index contributed by atoms with van der Waals surface area (Å²) in [5, 5.41) is 2.96. The average Bonchev–Trinajstić information content (AvgIpc) is 3.12. The van der Waals surface area contributed by atoms with E-state index in [1.54, 1.807) is 41.9 Å². The molecule has 0 radical (unpaired) electrons. The number of benzene rings is 1. The third kappa shape index (κ3) is 9.02. The maximum absolute atomic E-state index is 13.6. The molecule has 0 saturated carbocycles. The average molecular weight is 605 g/mol. The van der Waals surface area contributed by atoms with E-state index in [0.29, 0.717) is 44.4 Å². The molecule has 1 aromatic carbocycles. The number of nitrogens with zero attached hydrogens (tertiary/aromatic N) is 1. The topological polar surface area (TPSA) is 105 Å². The fraction of sp³-hybridized carbons (Fsp3) is 0.750. The Kier molecular flexibility index (Phi) is 11.5. The summed E-state index contributed by atoms with van der Waals surface area (Å²) in [5.41, 5.74) is -0.364. The van der Waals surface area contributed by atoms with Gasteiger partial charge in [-0.1, -0.05) is 12.8 Å². The predicted molar refractivity (Wildman–Crippen MR) is 167 cm³/mol. The van der Waals surface area contributed by atoms with E-state index < -0.39 is 34.4 Å². The second-order valence-electron chi connectivity index (χ2n) is 13.6. The Morgan fingerprint density at radius 1 is 0.977 bits per heavy atom. The largest absolute Gasteiger partial charge is 0.493 e. The van der Waals surface area contributed by atoms with E-state index in [2.05, 4.69) is 10.2 Å². The standard InChI is InChI=1S/C32H53BN2O8/c1-11-40-27(36)32(34-28(37)41-29(2,3)4,15-12-13-17-33-42-30(5,6)31(7,8)43-33)16-19-35-18-14-23-20-25(38-9)26(39-10)21-24(23)22-35/h20-21H,11-19,22H2,1-10H3,(H,34,37). The Labute approximate surface area is 258 Å². The first kappa shape index (κ1) is 35.0. The number of carbonyl (C=O) groups is 2. The molecule has 2 aliphatic rings. The van der Waals surface area contributed by atoms with Crippen LogP contribution in [0.5, 0.6) is 11.5 Å². The van der Waals surface area contributed by atoms with Crippen molar-refractivity contribution >= 4 is 19.2 Å². The van der Waals surface area contributed by atoms with Crippen molar-refractivity contribution in [2.45, 2.75) is 123 Å². The van der Waals surface area contributed by atoms with Gasteiger partial charge >= 0.3 is 19.2 Å². The highest BCUT2D eigenvalue weighted by molar-refractivity contribution is 6.45. The van der Waals surface area contributed by atoms with Crippen LogP contribution in [0.25, 0.3) is 0 Å². The Balaban J connectivity index is 1.75. The molecule has 242 valence electrons. The van der Waals surface area contributed by atoms with E-state index in [0.717, 1.165) is 30.7 Å². The summed E-state index contributed by atoms with van der Waals surface area (Å²) < 4.78 is 34.5. The lowest BCUT2D eigenvalue weighted by atomic mass is 9.80. The van der Waals surface area contributed by atoms with E-state index in [4.69, 9.17) is 28.3 Å². The first-order chi connectivity index (χ1) is 20.0. The van der Waals surface area contributed by atoms with Gasteiger partial charge in [-0.05, 0) is 104 Å². The lowest BCUT2D eigenvalue weighted by Gasteiger charge is -2.36. The van der Waals surface area contributed by atoms with Crippen LogP contribution in [-0.2, 0) is 36.5 Å². The summed E-state index contributed by atoms with van der Waals surface area (Å²) in [7, 11) is 2.96. The minimum atomic E-state index is -1.24. The molecule has 1 atom stereocenters. The number of alkyl carbamates (subject to hydrolysis) is 1. The first-order valence-corrected chi connectivity index (χ1v) is 15.5. The number of hydrogen-bond donors (Lipinski definition) is 1. The van der Waals surface area contributed by atoms with Crippen LogP contribution >= 0.6 is 0 Å². The molecule has 0 spiro atoms.